The highest BCUT2D eigenvalue weighted by Crippen LogP contribution is 2.25. The molecule has 1 aromatic heterocycles. The average molecular weight is 461 g/mol. The van der Waals surface area contributed by atoms with E-state index in [4.69, 9.17) is 9.26 Å². The Morgan fingerprint density at radius 3 is 2.62 bits per heavy atom. The third-order valence-corrected chi connectivity index (χ3v) is 4.78. The van der Waals surface area contributed by atoms with Gasteiger partial charge in [0.1, 0.15) is 5.75 Å². The second kappa shape index (κ2) is 10.2. The van der Waals surface area contributed by atoms with Crippen LogP contribution in [-0.2, 0) is 4.79 Å². The molecule has 0 aliphatic heterocycles. The van der Waals surface area contributed by atoms with E-state index in [1.807, 2.05) is 36.4 Å². The Bertz CT molecular complexity index is 1350. The third-order valence-electron chi connectivity index (χ3n) is 4.78. The number of nitrogens with zero attached hydrogens (tertiary/aromatic N) is 3. The van der Waals surface area contributed by atoms with Gasteiger partial charge in [-0.2, -0.15) is 4.98 Å². The first-order valence-electron chi connectivity index (χ1n) is 10.3. The molecule has 1 heterocycles. The van der Waals surface area contributed by atoms with Crippen LogP contribution < -0.4 is 15.4 Å². The molecule has 0 atom stereocenters. The van der Waals surface area contributed by atoms with Crippen LogP contribution in [0.5, 0.6) is 5.75 Å². The summed E-state index contributed by atoms with van der Waals surface area (Å²) in [6.07, 6.45) is 0. The number of benzene rings is 3. The zero-order valence-electron chi connectivity index (χ0n) is 17.8. The molecule has 0 radical (unpaired) electrons. The van der Waals surface area contributed by atoms with E-state index in [1.54, 1.807) is 12.1 Å². The summed E-state index contributed by atoms with van der Waals surface area (Å²) in [6.45, 7) is 0.112. The maximum Gasteiger partial charge on any atom is 0.316 e. The topological polar surface area (TPSA) is 149 Å². The minimum Gasteiger partial charge on any atom is -0.483 e. The van der Waals surface area contributed by atoms with Crippen molar-refractivity contribution in [1.82, 2.24) is 20.8 Å². The van der Waals surface area contributed by atoms with Gasteiger partial charge in [-0.1, -0.05) is 53.7 Å². The van der Waals surface area contributed by atoms with Crippen LogP contribution in [0.4, 0.5) is 5.69 Å². The van der Waals surface area contributed by atoms with Gasteiger partial charge in [0.25, 0.3) is 11.6 Å². The van der Waals surface area contributed by atoms with Gasteiger partial charge in [0, 0.05) is 36.2 Å². The van der Waals surface area contributed by atoms with E-state index in [9.17, 15) is 19.7 Å². The number of hydrogen-bond donors (Lipinski definition) is 2. The molecule has 3 aromatic carbocycles. The van der Waals surface area contributed by atoms with Crippen molar-refractivity contribution in [2.24, 2.45) is 0 Å². The molecule has 0 bridgehead atoms. The molecule has 0 spiro atoms. The molecule has 172 valence electrons. The SMILES string of the molecule is O=C(COc1cccc2ccccc12)NCCNC(=O)c1nc(-c2cccc([N+](=O)[O-])c2)no1. The smallest absolute Gasteiger partial charge is 0.316 e. The maximum atomic E-state index is 12.2. The number of rotatable bonds is 9. The first-order chi connectivity index (χ1) is 16.5. The first-order valence-corrected chi connectivity index (χ1v) is 10.3. The number of non-ortho nitro benzene ring substituents is 1. The van der Waals surface area contributed by atoms with Crippen molar-refractivity contribution in [3.8, 4) is 17.1 Å². The van der Waals surface area contributed by atoms with Crippen LogP contribution in [0.15, 0.2) is 71.3 Å². The van der Waals surface area contributed by atoms with Gasteiger partial charge in [0.2, 0.25) is 5.82 Å². The van der Waals surface area contributed by atoms with Crippen LogP contribution in [0.3, 0.4) is 0 Å². The van der Waals surface area contributed by atoms with E-state index in [1.165, 1.54) is 18.2 Å². The lowest BCUT2D eigenvalue weighted by Crippen LogP contribution is -2.36. The van der Waals surface area contributed by atoms with Crippen molar-refractivity contribution in [2.75, 3.05) is 19.7 Å². The Morgan fingerprint density at radius 1 is 1.00 bits per heavy atom. The lowest BCUT2D eigenvalue weighted by molar-refractivity contribution is -0.384. The predicted octanol–water partition coefficient (Wildman–Crippen LogP) is 2.72. The predicted molar refractivity (Wildman–Crippen MR) is 121 cm³/mol. The summed E-state index contributed by atoms with van der Waals surface area (Å²) < 4.78 is 10.6. The Balaban J connectivity index is 1.23. The lowest BCUT2D eigenvalue weighted by Gasteiger charge is -2.10. The monoisotopic (exact) mass is 461 g/mol. The normalized spacial score (nSPS) is 10.6. The van der Waals surface area contributed by atoms with Crippen molar-refractivity contribution in [1.29, 1.82) is 0 Å². The number of hydrogen-bond acceptors (Lipinski definition) is 8. The second-order valence-electron chi connectivity index (χ2n) is 7.10. The number of fused-ring (bicyclic) bond motifs is 1. The van der Waals surface area contributed by atoms with Gasteiger partial charge < -0.3 is 19.9 Å². The number of carbonyl (C=O) groups is 2. The van der Waals surface area contributed by atoms with Gasteiger partial charge in [-0.3, -0.25) is 19.7 Å². The minimum atomic E-state index is -0.634. The summed E-state index contributed by atoms with van der Waals surface area (Å²) in [5, 5.41) is 21.7. The molecule has 2 amide bonds. The highest BCUT2D eigenvalue weighted by molar-refractivity contribution is 5.90. The van der Waals surface area contributed by atoms with E-state index >= 15 is 0 Å². The van der Waals surface area contributed by atoms with Crippen molar-refractivity contribution in [3.63, 3.8) is 0 Å². The number of amides is 2. The van der Waals surface area contributed by atoms with Gasteiger partial charge in [0.15, 0.2) is 6.61 Å². The highest BCUT2D eigenvalue weighted by Gasteiger charge is 2.17. The van der Waals surface area contributed by atoms with Crippen LogP contribution >= 0.6 is 0 Å². The fourth-order valence-electron chi connectivity index (χ4n) is 3.16. The van der Waals surface area contributed by atoms with Gasteiger partial charge in [-0.05, 0) is 11.5 Å². The van der Waals surface area contributed by atoms with E-state index in [2.05, 4.69) is 20.8 Å². The molecule has 0 aliphatic rings. The average Bonchev–Trinajstić information content (AvgIpc) is 3.36. The van der Waals surface area contributed by atoms with Crippen LogP contribution in [0, 0.1) is 10.1 Å². The third kappa shape index (κ3) is 5.33. The van der Waals surface area contributed by atoms with Crippen molar-refractivity contribution in [2.45, 2.75) is 0 Å². The van der Waals surface area contributed by atoms with Crippen LogP contribution in [0.2, 0.25) is 0 Å². The van der Waals surface area contributed by atoms with E-state index in [0.717, 1.165) is 10.8 Å². The summed E-state index contributed by atoms with van der Waals surface area (Å²) in [6, 6.07) is 19.0. The molecule has 0 saturated heterocycles. The quantitative estimate of drug-likeness (QED) is 0.219. The van der Waals surface area contributed by atoms with Gasteiger partial charge >= 0.3 is 11.8 Å². The molecule has 4 aromatic rings. The molecule has 0 unspecified atom stereocenters. The lowest BCUT2D eigenvalue weighted by atomic mass is 10.1. The van der Waals surface area contributed by atoms with Crippen LogP contribution in [0.25, 0.3) is 22.2 Å². The van der Waals surface area contributed by atoms with Crippen molar-refractivity contribution < 1.29 is 23.8 Å². The summed E-state index contributed by atoms with van der Waals surface area (Å²) in [7, 11) is 0. The molecular formula is C23H19N5O6. The minimum absolute atomic E-state index is 0.0488. The van der Waals surface area contributed by atoms with Crippen molar-refractivity contribution >= 4 is 28.3 Å². The molecule has 34 heavy (non-hydrogen) atoms. The standard InChI is InChI=1S/C23H19N5O6/c29-20(14-33-19-10-4-6-15-5-1-2-9-18(15)19)24-11-12-25-22(30)23-26-21(27-34-23)16-7-3-8-17(13-16)28(31)32/h1-10,13H,11-12,14H2,(H,24,29)(H,25,30). The summed E-state index contributed by atoms with van der Waals surface area (Å²) in [4.78, 5) is 38.6. The molecule has 11 nitrogen and oxygen atoms in total. The van der Waals surface area contributed by atoms with E-state index in [-0.39, 0.29) is 43.0 Å². The second-order valence-corrected chi connectivity index (χ2v) is 7.10. The van der Waals surface area contributed by atoms with E-state index in [0.29, 0.717) is 11.3 Å². The maximum absolute atomic E-state index is 12.2. The van der Waals surface area contributed by atoms with Gasteiger partial charge in [-0.15, -0.1) is 0 Å². The fraction of sp³-hybridized carbons (Fsp3) is 0.130. The Morgan fingerprint density at radius 2 is 1.76 bits per heavy atom. The molecule has 11 heteroatoms. The molecule has 0 aliphatic carbocycles. The Kier molecular flexibility index (Phi) is 6.73. The largest absolute Gasteiger partial charge is 0.483 e. The summed E-state index contributed by atoms with van der Waals surface area (Å²) in [5.74, 6) is -0.615. The molecule has 0 fully saturated rings. The van der Waals surface area contributed by atoms with Gasteiger partial charge in [0.05, 0.1) is 4.92 Å². The number of nitro groups is 1. The highest BCUT2D eigenvalue weighted by atomic mass is 16.6. The zero-order valence-corrected chi connectivity index (χ0v) is 17.8. The van der Waals surface area contributed by atoms with Crippen molar-refractivity contribution in [3.05, 3.63) is 82.7 Å². The summed E-state index contributed by atoms with van der Waals surface area (Å²) in [5.41, 5.74) is 0.212. The molecular weight excluding hydrogens is 442 g/mol. The van der Waals surface area contributed by atoms with E-state index < -0.39 is 10.8 Å². The molecule has 4 rings (SSSR count). The number of carbonyl (C=O) groups excluding carboxylic acids is 2. The zero-order chi connectivity index (χ0) is 23.9. The van der Waals surface area contributed by atoms with Crippen LogP contribution in [0.1, 0.15) is 10.7 Å². The Labute approximate surface area is 192 Å². The molecule has 2 N–H and O–H groups in total. The van der Waals surface area contributed by atoms with Crippen LogP contribution in [-0.4, -0.2) is 46.6 Å². The number of nitro benzene ring substituents is 1. The molecule has 0 saturated carbocycles. The van der Waals surface area contributed by atoms with Gasteiger partial charge in [-0.25, -0.2) is 0 Å². The number of nitrogens with one attached hydrogen (secondary N) is 2. The Hall–Kier alpha value is -4.80. The fourth-order valence-corrected chi connectivity index (χ4v) is 3.16. The number of ether oxygens (including phenoxy) is 1. The first kappa shape index (κ1) is 22.4. The summed E-state index contributed by atoms with van der Waals surface area (Å²) >= 11 is 0. The number of aromatic nitrogens is 2.